The molecule has 1 aliphatic rings. The molecule has 0 N–H and O–H groups in total. The zero-order valence-corrected chi connectivity index (χ0v) is 17.9. The highest BCUT2D eigenvalue weighted by atomic mass is 32.1. The topological polar surface area (TPSA) is 71.3 Å². The van der Waals surface area contributed by atoms with Crippen LogP contribution in [0.15, 0.2) is 41.4 Å². The van der Waals surface area contributed by atoms with Gasteiger partial charge in [0.1, 0.15) is 19.0 Å². The van der Waals surface area contributed by atoms with E-state index in [4.69, 9.17) is 18.9 Å². The van der Waals surface area contributed by atoms with Crippen LogP contribution < -0.4 is 19.0 Å². The number of hydrogen-bond acceptors (Lipinski definition) is 6. The number of nitrogens with zero attached hydrogens (tertiary/aromatic N) is 2. The summed E-state index contributed by atoms with van der Waals surface area (Å²) in [5.74, 6) is 1.70. The molecule has 1 aliphatic heterocycles. The van der Waals surface area contributed by atoms with E-state index < -0.39 is 0 Å². The third-order valence-electron chi connectivity index (χ3n) is 4.61. The number of benzene rings is 2. The molecule has 0 radical (unpaired) electrons. The fourth-order valence-corrected chi connectivity index (χ4v) is 4.32. The molecule has 1 aromatic heterocycles. The zero-order valence-electron chi connectivity index (χ0n) is 17.1. The molecule has 1 amide bonds. The summed E-state index contributed by atoms with van der Waals surface area (Å²) in [5, 5.41) is 0. The Hall–Kier alpha value is -2.84. The Morgan fingerprint density at radius 1 is 1.10 bits per heavy atom. The van der Waals surface area contributed by atoms with E-state index in [9.17, 15) is 4.79 Å². The highest BCUT2D eigenvalue weighted by Crippen LogP contribution is 2.31. The van der Waals surface area contributed by atoms with Gasteiger partial charge in [0, 0.05) is 18.7 Å². The Morgan fingerprint density at radius 3 is 2.73 bits per heavy atom. The van der Waals surface area contributed by atoms with Crippen LogP contribution in [0.5, 0.6) is 17.2 Å². The SMILES string of the molecule is CCOCCn1c(=NC(=O)c2ccc3c(c2)OCCO3)sc2cc(OCC)ccc21. The summed E-state index contributed by atoms with van der Waals surface area (Å²) in [7, 11) is 0. The maximum atomic E-state index is 12.9. The fraction of sp³-hybridized carbons (Fsp3) is 0.364. The third kappa shape index (κ3) is 4.34. The minimum absolute atomic E-state index is 0.325. The van der Waals surface area contributed by atoms with E-state index in [-0.39, 0.29) is 5.91 Å². The first-order valence-corrected chi connectivity index (χ1v) is 10.8. The van der Waals surface area contributed by atoms with Crippen molar-refractivity contribution in [1.29, 1.82) is 0 Å². The predicted octanol–water partition coefficient (Wildman–Crippen LogP) is 3.65. The summed E-state index contributed by atoms with van der Waals surface area (Å²) in [6, 6.07) is 11.1. The van der Waals surface area contributed by atoms with E-state index in [1.54, 1.807) is 18.2 Å². The van der Waals surface area contributed by atoms with Gasteiger partial charge in [0.2, 0.25) is 0 Å². The van der Waals surface area contributed by atoms with Crippen LogP contribution in [0.3, 0.4) is 0 Å². The maximum Gasteiger partial charge on any atom is 0.279 e. The average molecular weight is 429 g/mol. The molecule has 2 aromatic carbocycles. The van der Waals surface area contributed by atoms with Gasteiger partial charge in [-0.2, -0.15) is 4.99 Å². The first-order chi connectivity index (χ1) is 14.7. The van der Waals surface area contributed by atoms with E-state index in [2.05, 4.69) is 4.99 Å². The van der Waals surface area contributed by atoms with Crippen molar-refractivity contribution in [3.8, 4) is 17.2 Å². The molecule has 3 aromatic rings. The molecule has 0 unspecified atom stereocenters. The molecular weight excluding hydrogens is 404 g/mol. The van der Waals surface area contributed by atoms with Crippen LogP contribution in [-0.4, -0.2) is 43.5 Å². The molecule has 0 saturated carbocycles. The number of fused-ring (bicyclic) bond motifs is 2. The van der Waals surface area contributed by atoms with Gasteiger partial charge in [0.25, 0.3) is 5.91 Å². The van der Waals surface area contributed by atoms with Crippen molar-refractivity contribution < 1.29 is 23.7 Å². The normalized spacial score (nSPS) is 13.6. The molecule has 0 bridgehead atoms. The number of carbonyl (C=O) groups excluding carboxylic acids is 1. The Morgan fingerprint density at radius 2 is 1.93 bits per heavy atom. The molecule has 2 heterocycles. The summed E-state index contributed by atoms with van der Waals surface area (Å²) in [4.78, 5) is 17.9. The van der Waals surface area contributed by atoms with Gasteiger partial charge in [-0.05, 0) is 50.2 Å². The van der Waals surface area contributed by atoms with Crippen molar-refractivity contribution in [3.05, 3.63) is 46.8 Å². The lowest BCUT2D eigenvalue weighted by atomic mass is 10.2. The molecular formula is C22H24N2O5S. The Kier molecular flexibility index (Phi) is 6.35. The van der Waals surface area contributed by atoms with E-state index in [0.29, 0.717) is 61.4 Å². The fourth-order valence-electron chi connectivity index (χ4n) is 3.24. The molecule has 0 spiro atoms. The van der Waals surface area contributed by atoms with E-state index >= 15 is 0 Å². The van der Waals surface area contributed by atoms with Crippen molar-refractivity contribution in [2.75, 3.05) is 33.0 Å². The van der Waals surface area contributed by atoms with Gasteiger partial charge in [-0.15, -0.1) is 0 Å². The van der Waals surface area contributed by atoms with Crippen LogP contribution in [-0.2, 0) is 11.3 Å². The van der Waals surface area contributed by atoms with Gasteiger partial charge in [-0.1, -0.05) is 11.3 Å². The standard InChI is InChI=1S/C22H24N2O5S/c1-3-26-10-9-24-17-7-6-16(27-4-2)14-20(17)30-22(24)23-21(25)15-5-8-18-19(13-15)29-12-11-28-18/h5-8,13-14H,3-4,9-12H2,1-2H3. The first kappa shape index (κ1) is 20.4. The summed E-state index contributed by atoms with van der Waals surface area (Å²) in [5.41, 5.74) is 1.46. The molecule has 7 nitrogen and oxygen atoms in total. The van der Waals surface area contributed by atoms with Crippen LogP contribution in [0.1, 0.15) is 24.2 Å². The van der Waals surface area contributed by atoms with Crippen LogP contribution >= 0.6 is 11.3 Å². The molecule has 0 fully saturated rings. The minimum atomic E-state index is -0.325. The van der Waals surface area contributed by atoms with Crippen LogP contribution in [0.25, 0.3) is 10.2 Å². The van der Waals surface area contributed by atoms with Gasteiger partial charge in [-0.25, -0.2) is 0 Å². The van der Waals surface area contributed by atoms with E-state index in [1.165, 1.54) is 11.3 Å². The van der Waals surface area contributed by atoms with Gasteiger partial charge < -0.3 is 23.5 Å². The van der Waals surface area contributed by atoms with Gasteiger partial charge in [0.15, 0.2) is 16.3 Å². The largest absolute Gasteiger partial charge is 0.494 e. The summed E-state index contributed by atoms with van der Waals surface area (Å²) in [6.07, 6.45) is 0. The lowest BCUT2D eigenvalue weighted by molar-refractivity contribution is 0.0995. The third-order valence-corrected chi connectivity index (χ3v) is 5.66. The molecule has 4 rings (SSSR count). The monoisotopic (exact) mass is 428 g/mol. The quantitative estimate of drug-likeness (QED) is 0.537. The van der Waals surface area contributed by atoms with Crippen LogP contribution in [0, 0.1) is 0 Å². The second-order valence-electron chi connectivity index (χ2n) is 6.57. The molecule has 8 heteroatoms. The first-order valence-electron chi connectivity index (χ1n) is 10.0. The highest BCUT2D eigenvalue weighted by molar-refractivity contribution is 7.16. The Labute approximate surface area is 178 Å². The lowest BCUT2D eigenvalue weighted by Gasteiger charge is -2.18. The van der Waals surface area contributed by atoms with Crippen molar-refractivity contribution in [1.82, 2.24) is 4.57 Å². The molecule has 158 valence electrons. The number of aromatic nitrogens is 1. The number of ether oxygens (including phenoxy) is 4. The number of carbonyl (C=O) groups is 1. The average Bonchev–Trinajstić information content (AvgIpc) is 3.10. The number of rotatable bonds is 7. The van der Waals surface area contributed by atoms with Crippen molar-refractivity contribution in [3.63, 3.8) is 0 Å². The van der Waals surface area contributed by atoms with E-state index in [0.717, 1.165) is 16.0 Å². The second kappa shape index (κ2) is 9.32. The number of hydrogen-bond donors (Lipinski definition) is 0. The van der Waals surface area contributed by atoms with E-state index in [1.807, 2.05) is 36.6 Å². The van der Waals surface area contributed by atoms with Crippen molar-refractivity contribution >= 4 is 27.5 Å². The van der Waals surface area contributed by atoms with Gasteiger partial charge >= 0.3 is 0 Å². The summed E-state index contributed by atoms with van der Waals surface area (Å²) >= 11 is 1.46. The minimum Gasteiger partial charge on any atom is -0.494 e. The van der Waals surface area contributed by atoms with Crippen molar-refractivity contribution in [2.45, 2.75) is 20.4 Å². The second-order valence-corrected chi connectivity index (χ2v) is 7.58. The maximum absolute atomic E-state index is 12.9. The molecule has 0 saturated heterocycles. The van der Waals surface area contributed by atoms with Crippen molar-refractivity contribution in [2.24, 2.45) is 4.99 Å². The number of amides is 1. The molecule has 30 heavy (non-hydrogen) atoms. The Balaban J connectivity index is 1.72. The smallest absolute Gasteiger partial charge is 0.279 e. The summed E-state index contributed by atoms with van der Waals surface area (Å²) in [6.45, 7) is 7.28. The number of thiazole rings is 1. The van der Waals surface area contributed by atoms with Gasteiger partial charge in [0.05, 0.1) is 23.4 Å². The van der Waals surface area contributed by atoms with Gasteiger partial charge in [-0.3, -0.25) is 4.79 Å². The molecule has 0 atom stereocenters. The lowest BCUT2D eigenvalue weighted by Crippen LogP contribution is -2.20. The zero-order chi connectivity index (χ0) is 20.9. The predicted molar refractivity (Wildman–Crippen MR) is 115 cm³/mol. The van der Waals surface area contributed by atoms with Crippen LogP contribution in [0.2, 0.25) is 0 Å². The Bertz CT molecular complexity index is 1120. The van der Waals surface area contributed by atoms with Crippen LogP contribution in [0.4, 0.5) is 0 Å². The molecule has 0 aliphatic carbocycles. The summed E-state index contributed by atoms with van der Waals surface area (Å²) < 4.78 is 25.3. The highest BCUT2D eigenvalue weighted by Gasteiger charge is 2.15.